The fraction of sp³-hybridized carbons (Fsp3) is 0.941. The maximum absolute atomic E-state index is 12.8. The third kappa shape index (κ3) is 4.47. The molecule has 23 heavy (non-hydrogen) atoms. The van der Waals surface area contributed by atoms with Crippen molar-refractivity contribution in [2.75, 3.05) is 13.1 Å². The molecular formula is C17H32N2O3S. The lowest BCUT2D eigenvalue weighted by Crippen LogP contribution is -2.51. The van der Waals surface area contributed by atoms with Crippen LogP contribution in [0.2, 0.25) is 0 Å². The van der Waals surface area contributed by atoms with Crippen LogP contribution in [0.1, 0.15) is 67.2 Å². The van der Waals surface area contributed by atoms with Crippen molar-refractivity contribution in [1.82, 2.24) is 9.21 Å². The van der Waals surface area contributed by atoms with E-state index in [0.717, 1.165) is 38.8 Å². The minimum absolute atomic E-state index is 0.124. The van der Waals surface area contributed by atoms with E-state index in [-0.39, 0.29) is 22.9 Å². The minimum atomic E-state index is -1.03. The number of ether oxygens (including phenoxy) is 1. The Balaban J connectivity index is 2.12. The van der Waals surface area contributed by atoms with Gasteiger partial charge in [-0.15, -0.1) is 0 Å². The zero-order valence-corrected chi connectivity index (χ0v) is 16.2. The second-order valence-electron chi connectivity index (χ2n) is 8.60. The Kier molecular flexibility index (Phi) is 5.46. The molecule has 0 N–H and O–H groups in total. The smallest absolute Gasteiger partial charge is 0.410 e. The lowest BCUT2D eigenvalue weighted by Gasteiger charge is -2.37. The van der Waals surface area contributed by atoms with Gasteiger partial charge in [-0.25, -0.2) is 13.3 Å². The van der Waals surface area contributed by atoms with Gasteiger partial charge in [-0.2, -0.15) is 0 Å². The minimum Gasteiger partial charge on any atom is -0.444 e. The maximum atomic E-state index is 12.8. The first kappa shape index (κ1) is 18.7. The molecule has 1 amide bonds. The summed E-state index contributed by atoms with van der Waals surface area (Å²) < 4.78 is 20.3. The van der Waals surface area contributed by atoms with Gasteiger partial charge in [0.1, 0.15) is 16.6 Å². The number of carbonyl (C=O) groups excluding carboxylic acids is 1. The van der Waals surface area contributed by atoms with Gasteiger partial charge in [-0.05, 0) is 67.2 Å². The van der Waals surface area contributed by atoms with Crippen LogP contribution in [-0.4, -0.2) is 55.0 Å². The van der Waals surface area contributed by atoms with Crippen LogP contribution in [-0.2, 0) is 15.7 Å². The monoisotopic (exact) mass is 344 g/mol. The fourth-order valence-corrected chi connectivity index (χ4v) is 4.94. The summed E-state index contributed by atoms with van der Waals surface area (Å²) in [4.78, 5) is 14.4. The van der Waals surface area contributed by atoms with Crippen LogP contribution in [0, 0.1) is 0 Å². The zero-order chi connectivity index (χ0) is 17.4. The number of rotatable bonds is 2. The van der Waals surface area contributed by atoms with E-state index in [4.69, 9.17) is 4.74 Å². The van der Waals surface area contributed by atoms with Gasteiger partial charge in [0.25, 0.3) is 0 Å². The van der Waals surface area contributed by atoms with Crippen molar-refractivity contribution < 1.29 is 13.7 Å². The Labute approximate surface area is 143 Å². The number of carbonyl (C=O) groups is 1. The summed E-state index contributed by atoms with van der Waals surface area (Å²) in [5.41, 5.74) is -0.478. The Bertz CT molecular complexity index is 467. The molecule has 2 aliphatic heterocycles. The Morgan fingerprint density at radius 2 is 1.57 bits per heavy atom. The van der Waals surface area contributed by atoms with Crippen molar-refractivity contribution in [2.24, 2.45) is 0 Å². The molecule has 5 nitrogen and oxygen atoms in total. The van der Waals surface area contributed by atoms with E-state index in [2.05, 4.69) is 4.31 Å². The Morgan fingerprint density at radius 1 is 1.00 bits per heavy atom. The molecule has 0 aliphatic carbocycles. The van der Waals surface area contributed by atoms with E-state index < -0.39 is 16.6 Å². The van der Waals surface area contributed by atoms with E-state index in [0.29, 0.717) is 0 Å². The van der Waals surface area contributed by atoms with Gasteiger partial charge in [-0.3, -0.25) is 0 Å². The molecule has 2 aliphatic rings. The molecule has 0 aromatic carbocycles. The molecule has 0 unspecified atom stereocenters. The quantitative estimate of drug-likeness (QED) is 0.772. The van der Waals surface area contributed by atoms with E-state index in [1.54, 1.807) is 0 Å². The summed E-state index contributed by atoms with van der Waals surface area (Å²) in [5, 5.41) is 0. The topological polar surface area (TPSA) is 49.9 Å². The Morgan fingerprint density at radius 3 is 2.13 bits per heavy atom. The van der Waals surface area contributed by atoms with Crippen LogP contribution < -0.4 is 0 Å². The van der Waals surface area contributed by atoms with Crippen molar-refractivity contribution in [3.8, 4) is 0 Å². The molecule has 2 saturated heterocycles. The summed E-state index contributed by atoms with van der Waals surface area (Å²) >= 11 is 0. The van der Waals surface area contributed by atoms with Gasteiger partial charge >= 0.3 is 6.09 Å². The highest BCUT2D eigenvalue weighted by Crippen LogP contribution is 2.34. The van der Waals surface area contributed by atoms with Crippen molar-refractivity contribution in [1.29, 1.82) is 0 Å². The first-order valence-electron chi connectivity index (χ1n) is 8.69. The van der Waals surface area contributed by atoms with Crippen molar-refractivity contribution in [2.45, 2.75) is 89.7 Å². The summed E-state index contributed by atoms with van der Waals surface area (Å²) in [6.45, 7) is 13.3. The molecule has 0 spiro atoms. The number of hydrogen-bond acceptors (Lipinski definition) is 3. The highest BCUT2D eigenvalue weighted by atomic mass is 32.2. The zero-order valence-electron chi connectivity index (χ0n) is 15.4. The van der Waals surface area contributed by atoms with Crippen molar-refractivity contribution in [3.63, 3.8) is 0 Å². The van der Waals surface area contributed by atoms with Crippen molar-refractivity contribution >= 4 is 17.1 Å². The molecule has 2 fully saturated rings. The second-order valence-corrected chi connectivity index (χ2v) is 10.8. The summed E-state index contributed by atoms with van der Waals surface area (Å²) in [6, 6.07) is 0.309. The molecule has 6 heteroatoms. The molecule has 0 saturated carbocycles. The summed E-state index contributed by atoms with van der Waals surface area (Å²) in [5.74, 6) is 0. The summed E-state index contributed by atoms with van der Waals surface area (Å²) in [7, 11) is -1.03. The summed E-state index contributed by atoms with van der Waals surface area (Å²) in [6.07, 6.45) is 3.79. The molecule has 0 aromatic rings. The molecule has 0 aromatic heterocycles. The average molecular weight is 345 g/mol. The van der Waals surface area contributed by atoms with Gasteiger partial charge in [0, 0.05) is 19.1 Å². The number of likely N-dealkylation sites (tertiary alicyclic amines) is 1. The largest absolute Gasteiger partial charge is 0.444 e. The maximum Gasteiger partial charge on any atom is 0.410 e. The van der Waals surface area contributed by atoms with Crippen LogP contribution >= 0.6 is 0 Å². The molecule has 2 heterocycles. The van der Waals surface area contributed by atoms with Gasteiger partial charge in [0.15, 0.2) is 0 Å². The van der Waals surface area contributed by atoms with E-state index in [1.807, 2.05) is 46.4 Å². The predicted octanol–water partition coefficient (Wildman–Crippen LogP) is 3.31. The SMILES string of the molecule is CC(C)(C)OC(=O)N1CCC[C@H]1[C@@H]1CCCN1[S@@](=O)C(C)(C)C. The van der Waals surface area contributed by atoms with Gasteiger partial charge < -0.3 is 9.64 Å². The highest BCUT2D eigenvalue weighted by molar-refractivity contribution is 7.84. The van der Waals surface area contributed by atoms with Crippen LogP contribution in [0.5, 0.6) is 0 Å². The molecule has 0 radical (unpaired) electrons. The lowest BCUT2D eigenvalue weighted by atomic mass is 10.0. The average Bonchev–Trinajstić information content (AvgIpc) is 3.02. The molecular weight excluding hydrogens is 312 g/mol. The third-order valence-electron chi connectivity index (χ3n) is 4.36. The van der Waals surface area contributed by atoms with Crippen LogP contribution in [0.4, 0.5) is 4.79 Å². The lowest BCUT2D eigenvalue weighted by molar-refractivity contribution is 0.0181. The van der Waals surface area contributed by atoms with Gasteiger partial charge in [0.05, 0.1) is 10.8 Å². The number of nitrogens with zero attached hydrogens (tertiary/aromatic N) is 2. The van der Waals surface area contributed by atoms with E-state index in [1.165, 1.54) is 0 Å². The molecule has 134 valence electrons. The second kappa shape index (κ2) is 6.71. The standard InChI is InChI=1S/C17H32N2O3S/c1-16(2,3)22-15(20)18-11-7-9-13(18)14-10-8-12-19(14)23(21)17(4,5)6/h13-14H,7-12H2,1-6H3/t13-,14-,23-/m0/s1. The van der Waals surface area contributed by atoms with Crippen molar-refractivity contribution in [3.05, 3.63) is 0 Å². The highest BCUT2D eigenvalue weighted by Gasteiger charge is 2.44. The Hall–Kier alpha value is -0.620. The van der Waals surface area contributed by atoms with Gasteiger partial charge in [0.2, 0.25) is 0 Å². The van der Waals surface area contributed by atoms with Gasteiger partial charge in [-0.1, -0.05) is 0 Å². The number of hydrogen-bond donors (Lipinski definition) is 0. The third-order valence-corrected chi connectivity index (χ3v) is 6.28. The fourth-order valence-electron chi connectivity index (χ4n) is 3.45. The van der Waals surface area contributed by atoms with Crippen LogP contribution in [0.3, 0.4) is 0 Å². The predicted molar refractivity (Wildman–Crippen MR) is 93.6 cm³/mol. The van der Waals surface area contributed by atoms with E-state index in [9.17, 15) is 9.00 Å². The van der Waals surface area contributed by atoms with Crippen LogP contribution in [0.15, 0.2) is 0 Å². The molecule has 0 bridgehead atoms. The van der Waals surface area contributed by atoms with Crippen LogP contribution in [0.25, 0.3) is 0 Å². The first-order chi connectivity index (χ1) is 10.5. The first-order valence-corrected chi connectivity index (χ1v) is 9.79. The molecule has 3 atom stereocenters. The normalized spacial score (nSPS) is 28.2. The molecule has 2 rings (SSSR count). The van der Waals surface area contributed by atoms with E-state index >= 15 is 0 Å². The number of amides is 1.